The Kier molecular flexibility index (Phi) is 6.86. The second kappa shape index (κ2) is 10.2. The number of nitrogens with zero attached hydrogens (tertiary/aromatic N) is 2. The summed E-state index contributed by atoms with van der Waals surface area (Å²) in [6.45, 7) is 4.01. The highest BCUT2D eigenvalue weighted by molar-refractivity contribution is 6.11. The van der Waals surface area contributed by atoms with Crippen LogP contribution in [-0.4, -0.2) is 37.3 Å². The van der Waals surface area contributed by atoms with Crippen molar-refractivity contribution in [1.82, 2.24) is 5.32 Å². The third-order valence-electron chi connectivity index (χ3n) is 7.15. The lowest BCUT2D eigenvalue weighted by Crippen LogP contribution is -2.43. The van der Waals surface area contributed by atoms with Gasteiger partial charge in [0.25, 0.3) is 0 Å². The predicted octanol–water partition coefficient (Wildman–Crippen LogP) is 4.82. The first-order chi connectivity index (χ1) is 17.0. The molecule has 0 aromatic heterocycles. The van der Waals surface area contributed by atoms with Gasteiger partial charge in [-0.3, -0.25) is 9.79 Å². The van der Waals surface area contributed by atoms with Gasteiger partial charge in [-0.05, 0) is 82.8 Å². The summed E-state index contributed by atoms with van der Waals surface area (Å²) >= 11 is 0. The number of anilines is 1. The number of halogens is 1. The molecule has 1 unspecified atom stereocenters. The number of carbonyl (C=O) groups is 1. The summed E-state index contributed by atoms with van der Waals surface area (Å²) in [4.78, 5) is 19.9. The summed E-state index contributed by atoms with van der Waals surface area (Å²) in [6.07, 6.45) is 8.84. The molecule has 2 aliphatic heterocycles. The number of aliphatic imine (C=N–C) groups is 1. The fraction of sp³-hybridized carbons (Fsp3) is 0.429. The number of ether oxygens (including phenoxy) is 1. The maximum atomic E-state index is 14.0. The van der Waals surface area contributed by atoms with Crippen LogP contribution in [0.15, 0.2) is 47.6 Å². The molecule has 1 atom stereocenters. The van der Waals surface area contributed by atoms with Crippen LogP contribution in [0.2, 0.25) is 0 Å². The number of nitrogens with one attached hydrogen (secondary N) is 1. The Hall–Kier alpha value is -3.19. The number of hydrogen-bond donors (Lipinski definition) is 2. The zero-order valence-corrected chi connectivity index (χ0v) is 20.2. The molecule has 2 heterocycles. The van der Waals surface area contributed by atoms with Crippen LogP contribution in [0.25, 0.3) is 5.57 Å². The molecular formula is C28H33FN4O2. The van der Waals surface area contributed by atoms with E-state index in [9.17, 15) is 9.18 Å². The van der Waals surface area contributed by atoms with Gasteiger partial charge in [-0.15, -0.1) is 0 Å². The zero-order chi connectivity index (χ0) is 24.4. The van der Waals surface area contributed by atoms with Crippen LogP contribution >= 0.6 is 0 Å². The van der Waals surface area contributed by atoms with E-state index >= 15 is 0 Å². The lowest BCUT2D eigenvalue weighted by molar-refractivity contribution is -0.120. The van der Waals surface area contributed by atoms with Crippen molar-refractivity contribution >= 4 is 23.4 Å². The number of amides is 1. The van der Waals surface area contributed by atoms with Crippen LogP contribution in [0.5, 0.6) is 11.5 Å². The van der Waals surface area contributed by atoms with E-state index in [1.165, 1.54) is 12.1 Å². The largest absolute Gasteiger partial charge is 0.456 e. The number of piperidine rings is 1. The lowest BCUT2D eigenvalue weighted by atomic mass is 9.91. The Morgan fingerprint density at radius 2 is 1.97 bits per heavy atom. The highest BCUT2D eigenvalue weighted by Gasteiger charge is 2.39. The van der Waals surface area contributed by atoms with Gasteiger partial charge in [0.1, 0.15) is 17.3 Å². The fourth-order valence-corrected chi connectivity index (χ4v) is 5.00. The number of nitrogens with two attached hydrogens (primary N) is 1. The summed E-state index contributed by atoms with van der Waals surface area (Å²) in [5.41, 5.74) is 9.45. The Labute approximate surface area is 206 Å². The van der Waals surface area contributed by atoms with Crippen molar-refractivity contribution in [3.63, 3.8) is 0 Å². The first-order valence-electron chi connectivity index (χ1n) is 12.6. The van der Waals surface area contributed by atoms with Crippen molar-refractivity contribution in [3.05, 3.63) is 59.5 Å². The molecular weight excluding hydrogens is 443 g/mol. The lowest BCUT2D eigenvalue weighted by Gasteiger charge is -2.37. The summed E-state index contributed by atoms with van der Waals surface area (Å²) in [7, 11) is 0. The molecule has 0 bridgehead atoms. The molecule has 35 heavy (non-hydrogen) atoms. The van der Waals surface area contributed by atoms with Crippen LogP contribution in [0, 0.1) is 11.7 Å². The Morgan fingerprint density at radius 3 is 2.69 bits per heavy atom. The van der Waals surface area contributed by atoms with Crippen molar-refractivity contribution in [1.29, 1.82) is 0 Å². The first kappa shape index (κ1) is 23.5. The van der Waals surface area contributed by atoms with Crippen molar-refractivity contribution in [2.75, 3.05) is 18.0 Å². The second-order valence-corrected chi connectivity index (χ2v) is 9.75. The van der Waals surface area contributed by atoms with Gasteiger partial charge in [0.15, 0.2) is 0 Å². The van der Waals surface area contributed by atoms with Gasteiger partial charge in [-0.1, -0.05) is 6.07 Å². The van der Waals surface area contributed by atoms with Crippen molar-refractivity contribution in [3.8, 4) is 11.5 Å². The number of allylic oxidation sites excluding steroid dienone is 1. The van der Waals surface area contributed by atoms with Crippen LogP contribution < -0.4 is 20.7 Å². The second-order valence-electron chi connectivity index (χ2n) is 9.75. The molecule has 3 N–H and O–H groups in total. The molecule has 1 aliphatic carbocycles. The molecule has 1 saturated carbocycles. The molecule has 2 fully saturated rings. The zero-order valence-electron chi connectivity index (χ0n) is 20.2. The minimum Gasteiger partial charge on any atom is -0.456 e. The van der Waals surface area contributed by atoms with Crippen LogP contribution in [0.4, 0.5) is 10.1 Å². The van der Waals surface area contributed by atoms with Crippen LogP contribution in [0.3, 0.4) is 0 Å². The van der Waals surface area contributed by atoms with Crippen molar-refractivity contribution in [2.45, 2.75) is 57.5 Å². The van der Waals surface area contributed by atoms with Gasteiger partial charge in [-0.25, -0.2) is 4.39 Å². The molecule has 1 saturated heterocycles. The molecule has 7 heteroatoms. The minimum absolute atomic E-state index is 0.118. The summed E-state index contributed by atoms with van der Waals surface area (Å²) < 4.78 is 20.3. The SMILES string of the molecule is CC1CCc2c(ccc(C(C=NC3CCNCC3)=CN)c2Oc2cccc(F)c2)N1C(=O)C1CC1. The third kappa shape index (κ3) is 5.10. The van der Waals surface area contributed by atoms with E-state index < -0.39 is 0 Å². The van der Waals surface area contributed by atoms with E-state index in [0.717, 1.165) is 74.0 Å². The topological polar surface area (TPSA) is 80.0 Å². The van der Waals surface area contributed by atoms with Crippen LogP contribution in [-0.2, 0) is 11.2 Å². The average molecular weight is 477 g/mol. The molecule has 5 rings (SSSR count). The number of fused-ring (bicyclic) bond motifs is 1. The van der Waals surface area contributed by atoms with Gasteiger partial charge in [0.2, 0.25) is 5.91 Å². The van der Waals surface area contributed by atoms with Crippen LogP contribution in [0.1, 0.15) is 50.2 Å². The van der Waals surface area contributed by atoms with E-state index in [-0.39, 0.29) is 29.7 Å². The molecule has 1 amide bonds. The van der Waals surface area contributed by atoms with E-state index in [2.05, 4.69) is 12.2 Å². The number of benzene rings is 2. The fourth-order valence-electron chi connectivity index (χ4n) is 5.00. The Balaban J connectivity index is 1.57. The summed E-state index contributed by atoms with van der Waals surface area (Å²) in [5, 5.41) is 3.36. The van der Waals surface area contributed by atoms with Gasteiger partial charge in [0.05, 0.1) is 11.7 Å². The number of rotatable bonds is 6. The van der Waals surface area contributed by atoms with Crippen molar-refractivity contribution < 1.29 is 13.9 Å². The summed E-state index contributed by atoms with van der Waals surface area (Å²) in [5.74, 6) is 0.958. The van der Waals surface area contributed by atoms with Gasteiger partial charge in [0, 0.05) is 47.1 Å². The molecule has 2 aromatic carbocycles. The first-order valence-corrected chi connectivity index (χ1v) is 12.6. The smallest absolute Gasteiger partial charge is 0.230 e. The highest BCUT2D eigenvalue weighted by atomic mass is 19.1. The third-order valence-corrected chi connectivity index (χ3v) is 7.15. The predicted molar refractivity (Wildman–Crippen MR) is 137 cm³/mol. The quantitative estimate of drug-likeness (QED) is 0.586. The van der Waals surface area contributed by atoms with Gasteiger partial charge in [-0.2, -0.15) is 0 Å². The Bertz CT molecular complexity index is 1150. The molecule has 0 radical (unpaired) electrons. The highest BCUT2D eigenvalue weighted by Crippen LogP contribution is 2.45. The molecule has 3 aliphatic rings. The average Bonchev–Trinajstić information content (AvgIpc) is 3.71. The normalized spacial score (nSPS) is 21.3. The monoisotopic (exact) mass is 476 g/mol. The van der Waals surface area contributed by atoms with Gasteiger partial charge >= 0.3 is 0 Å². The molecule has 184 valence electrons. The maximum absolute atomic E-state index is 14.0. The van der Waals surface area contributed by atoms with Gasteiger partial charge < -0.3 is 20.7 Å². The summed E-state index contributed by atoms with van der Waals surface area (Å²) in [6, 6.07) is 10.5. The minimum atomic E-state index is -0.366. The molecule has 6 nitrogen and oxygen atoms in total. The number of hydrogen-bond acceptors (Lipinski definition) is 5. The van der Waals surface area contributed by atoms with E-state index in [0.29, 0.717) is 11.5 Å². The molecule has 2 aromatic rings. The van der Waals surface area contributed by atoms with E-state index in [1.807, 2.05) is 23.2 Å². The number of carbonyl (C=O) groups excluding carboxylic acids is 1. The van der Waals surface area contributed by atoms with E-state index in [4.69, 9.17) is 15.5 Å². The van der Waals surface area contributed by atoms with Crippen molar-refractivity contribution in [2.24, 2.45) is 16.6 Å². The Morgan fingerprint density at radius 1 is 1.17 bits per heavy atom. The standard InChI is InChI=1S/C28H33FN4O2/c1-18-5-8-25-26(33(18)28(34)19-6-7-19)10-9-24(27(25)35-23-4-2-3-21(29)15-23)20(16-30)17-32-22-11-13-31-14-12-22/h2-4,9-10,15-19,22,31H,5-8,11-14,30H2,1H3. The van der Waals surface area contributed by atoms with E-state index in [1.54, 1.807) is 18.3 Å². The molecule has 0 spiro atoms. The maximum Gasteiger partial charge on any atom is 0.230 e.